The van der Waals surface area contributed by atoms with E-state index in [1.54, 1.807) is 6.33 Å². The maximum Gasteiger partial charge on any atom is 0.287 e. The van der Waals surface area contributed by atoms with Crippen molar-refractivity contribution in [3.8, 4) is 5.69 Å². The Labute approximate surface area is 130 Å². The molecule has 0 aliphatic rings. The molecular weight excluding hydrogens is 284 g/mol. The number of nitrogens with zero attached hydrogens (tertiary/aromatic N) is 3. The van der Waals surface area contributed by atoms with Gasteiger partial charge in [-0.15, -0.1) is 4.68 Å². The highest BCUT2D eigenvalue weighted by Gasteiger charge is 2.08. The zero-order valence-corrected chi connectivity index (χ0v) is 12.7. The predicted octanol–water partition coefficient (Wildman–Crippen LogP) is -0.344. The molecule has 108 valence electrons. The third-order valence-electron chi connectivity index (χ3n) is 3.14. The highest BCUT2D eigenvalue weighted by molar-refractivity contribution is 5.41. The van der Waals surface area contributed by atoms with Gasteiger partial charge in [-0.05, 0) is 38.1 Å². The van der Waals surface area contributed by atoms with E-state index in [9.17, 15) is 0 Å². The van der Waals surface area contributed by atoms with E-state index >= 15 is 0 Å². The molecule has 3 rings (SSSR count). The van der Waals surface area contributed by atoms with Crippen LogP contribution in [0.5, 0.6) is 0 Å². The molecule has 1 N–H and O–H groups in total. The van der Waals surface area contributed by atoms with Gasteiger partial charge >= 0.3 is 0 Å². The van der Waals surface area contributed by atoms with Crippen LogP contribution in [0.3, 0.4) is 0 Å². The Morgan fingerprint density at radius 2 is 1.48 bits per heavy atom. The molecule has 0 bridgehead atoms. The van der Waals surface area contributed by atoms with Gasteiger partial charge in [0.15, 0.2) is 0 Å². The maximum absolute atomic E-state index is 4.35. The summed E-state index contributed by atoms with van der Waals surface area (Å²) in [6, 6.07) is 16.5. The van der Waals surface area contributed by atoms with Crippen LogP contribution in [-0.2, 0) is 0 Å². The summed E-state index contributed by atoms with van der Waals surface area (Å²) in [6.07, 6.45) is 3.66. The van der Waals surface area contributed by atoms with Crippen molar-refractivity contribution in [2.45, 2.75) is 13.8 Å². The topological polar surface area (TPSA) is 33.7 Å². The molecule has 1 heterocycles. The smallest absolute Gasteiger partial charge is 0.287 e. The second-order valence-electron chi connectivity index (χ2n) is 4.91. The lowest BCUT2D eigenvalue weighted by Gasteiger charge is -2.01. The lowest BCUT2D eigenvalue weighted by Crippen LogP contribution is -3.00. The molecule has 0 atom stereocenters. The van der Waals surface area contributed by atoms with E-state index in [4.69, 9.17) is 0 Å². The van der Waals surface area contributed by atoms with E-state index in [2.05, 4.69) is 60.8 Å². The van der Waals surface area contributed by atoms with E-state index < -0.39 is 0 Å². The first kappa shape index (κ1) is 15.1. The largest absolute Gasteiger partial charge is 1.00 e. The van der Waals surface area contributed by atoms with E-state index in [-0.39, 0.29) is 12.4 Å². The number of aryl methyl sites for hydroxylation is 2. The first-order valence-corrected chi connectivity index (χ1v) is 6.57. The normalized spacial score (nSPS) is 10.0. The zero-order valence-electron chi connectivity index (χ0n) is 12.0. The van der Waals surface area contributed by atoms with Crippen molar-refractivity contribution in [3.05, 3.63) is 72.3 Å². The minimum atomic E-state index is 0. The Hall–Kier alpha value is -2.33. The Morgan fingerprint density at radius 1 is 0.905 bits per heavy atom. The van der Waals surface area contributed by atoms with Gasteiger partial charge in [-0.2, -0.15) is 0 Å². The standard InChI is InChI=1S/C16H17N4.ClH/c1-13-3-7-15(8-4-13)18-19-11-17-20(12-19)16-9-5-14(2)6-10-16;/h3-12,18H,1-2H3;1H/q+1;/p-1. The number of hydrogen-bond donors (Lipinski definition) is 1. The lowest BCUT2D eigenvalue weighted by molar-refractivity contribution is -0.643. The summed E-state index contributed by atoms with van der Waals surface area (Å²) in [5.74, 6) is 0. The van der Waals surface area contributed by atoms with Gasteiger partial charge in [0.05, 0.1) is 5.69 Å². The molecular formula is C16H17ClN4. The monoisotopic (exact) mass is 300 g/mol. The number of halogens is 1. The molecule has 0 spiro atoms. The average molecular weight is 301 g/mol. The Morgan fingerprint density at radius 3 is 2.10 bits per heavy atom. The van der Waals surface area contributed by atoms with Crippen LogP contribution >= 0.6 is 0 Å². The fourth-order valence-electron chi connectivity index (χ4n) is 1.95. The van der Waals surface area contributed by atoms with Crippen LogP contribution in [0.4, 0.5) is 5.69 Å². The molecule has 21 heavy (non-hydrogen) atoms. The Kier molecular flexibility index (Phi) is 4.60. The first-order chi connectivity index (χ1) is 9.70. The molecule has 1 aromatic heterocycles. The number of rotatable bonds is 3. The predicted molar refractivity (Wildman–Crippen MR) is 78.7 cm³/mol. The fraction of sp³-hybridized carbons (Fsp3) is 0.125. The molecule has 0 saturated heterocycles. The maximum atomic E-state index is 4.35. The molecule has 3 aromatic rings. The number of benzene rings is 2. The molecule has 0 amide bonds. The van der Waals surface area contributed by atoms with Crippen LogP contribution in [0.2, 0.25) is 0 Å². The van der Waals surface area contributed by atoms with Crippen LogP contribution in [0.1, 0.15) is 11.1 Å². The fourth-order valence-corrected chi connectivity index (χ4v) is 1.95. The lowest BCUT2D eigenvalue weighted by atomic mass is 10.2. The molecule has 0 unspecified atom stereocenters. The summed E-state index contributed by atoms with van der Waals surface area (Å²) in [6.45, 7) is 4.15. The third-order valence-corrected chi connectivity index (χ3v) is 3.14. The molecule has 0 radical (unpaired) electrons. The second-order valence-corrected chi connectivity index (χ2v) is 4.91. The minimum absolute atomic E-state index is 0. The molecule has 0 fully saturated rings. The van der Waals surface area contributed by atoms with Gasteiger partial charge in [0.2, 0.25) is 0 Å². The summed E-state index contributed by atoms with van der Waals surface area (Å²) in [5.41, 5.74) is 7.83. The van der Waals surface area contributed by atoms with Gasteiger partial charge in [-0.3, -0.25) is 0 Å². The van der Waals surface area contributed by atoms with Crippen LogP contribution in [0.25, 0.3) is 5.69 Å². The SMILES string of the molecule is Cc1ccc(N[n+]2cnn(-c3ccc(C)cc3)c2)cc1.[Cl-]. The van der Waals surface area contributed by atoms with Crippen LogP contribution in [0.15, 0.2) is 61.2 Å². The molecule has 0 aliphatic carbocycles. The molecule has 0 saturated carbocycles. The van der Waals surface area contributed by atoms with Crippen molar-refractivity contribution in [2.24, 2.45) is 0 Å². The molecule has 0 aliphatic heterocycles. The number of hydrogen-bond acceptors (Lipinski definition) is 2. The van der Waals surface area contributed by atoms with Gasteiger partial charge in [-0.1, -0.05) is 40.1 Å². The highest BCUT2D eigenvalue weighted by atomic mass is 35.5. The summed E-state index contributed by atoms with van der Waals surface area (Å²) in [5, 5.41) is 4.35. The Balaban J connectivity index is 0.00000161. The van der Waals surface area contributed by atoms with Crippen LogP contribution in [-0.4, -0.2) is 9.78 Å². The summed E-state index contributed by atoms with van der Waals surface area (Å²) in [4.78, 5) is 0. The van der Waals surface area contributed by atoms with Gasteiger partial charge < -0.3 is 12.4 Å². The first-order valence-electron chi connectivity index (χ1n) is 6.57. The van der Waals surface area contributed by atoms with E-state index in [1.165, 1.54) is 11.1 Å². The van der Waals surface area contributed by atoms with Crippen molar-refractivity contribution < 1.29 is 17.1 Å². The summed E-state index contributed by atoms with van der Waals surface area (Å²) in [7, 11) is 0. The van der Waals surface area contributed by atoms with Gasteiger partial charge in [0.1, 0.15) is 5.69 Å². The van der Waals surface area contributed by atoms with Crippen molar-refractivity contribution in [2.75, 3.05) is 5.43 Å². The molecule has 2 aromatic carbocycles. The van der Waals surface area contributed by atoms with Gasteiger partial charge in [0.25, 0.3) is 12.7 Å². The van der Waals surface area contributed by atoms with E-state index in [0.717, 1.165) is 11.4 Å². The highest BCUT2D eigenvalue weighted by Crippen LogP contribution is 2.08. The third kappa shape index (κ3) is 3.61. The zero-order chi connectivity index (χ0) is 13.9. The summed E-state index contributed by atoms with van der Waals surface area (Å²) < 4.78 is 3.67. The molecule has 5 heteroatoms. The van der Waals surface area contributed by atoms with Crippen LogP contribution < -0.4 is 22.5 Å². The van der Waals surface area contributed by atoms with Crippen LogP contribution in [0, 0.1) is 13.8 Å². The number of aromatic nitrogens is 3. The minimum Gasteiger partial charge on any atom is -1.00 e. The second kappa shape index (κ2) is 6.41. The van der Waals surface area contributed by atoms with Crippen molar-refractivity contribution >= 4 is 5.69 Å². The average Bonchev–Trinajstić information content (AvgIpc) is 2.91. The number of anilines is 1. The van der Waals surface area contributed by atoms with E-state index in [0.29, 0.717) is 0 Å². The Bertz CT molecular complexity index is 702. The quantitative estimate of drug-likeness (QED) is 0.671. The van der Waals surface area contributed by atoms with Crippen molar-refractivity contribution in [1.82, 2.24) is 9.78 Å². The van der Waals surface area contributed by atoms with Crippen molar-refractivity contribution in [1.29, 1.82) is 0 Å². The number of nitrogens with one attached hydrogen (secondary N) is 1. The van der Waals surface area contributed by atoms with Gasteiger partial charge in [-0.25, -0.2) is 5.43 Å². The van der Waals surface area contributed by atoms with Gasteiger partial charge in [0, 0.05) is 5.10 Å². The van der Waals surface area contributed by atoms with Crippen molar-refractivity contribution in [3.63, 3.8) is 0 Å². The van der Waals surface area contributed by atoms with E-state index in [1.807, 2.05) is 27.8 Å². The summed E-state index contributed by atoms with van der Waals surface area (Å²) >= 11 is 0. The molecule has 4 nitrogen and oxygen atoms in total.